The Balaban J connectivity index is 1.74. The molecule has 0 aliphatic rings. The number of imidazole rings is 1. The Labute approximate surface area is 174 Å². The van der Waals surface area contributed by atoms with Gasteiger partial charge in [-0.2, -0.15) is 0 Å². The number of hydrogen-bond donors (Lipinski definition) is 1. The summed E-state index contributed by atoms with van der Waals surface area (Å²) in [7, 11) is 3.47. The van der Waals surface area contributed by atoms with E-state index in [9.17, 15) is 9.59 Å². The Bertz CT molecular complexity index is 1310. The first-order valence-corrected chi connectivity index (χ1v) is 9.80. The molecule has 0 unspecified atom stereocenters. The molecule has 2 aromatic carbocycles. The lowest BCUT2D eigenvalue weighted by Crippen LogP contribution is -2.21. The highest BCUT2D eigenvalue weighted by Gasteiger charge is 2.14. The van der Waals surface area contributed by atoms with Crippen LogP contribution in [0.4, 0.5) is 0 Å². The maximum Gasteiger partial charge on any atom is 0.259 e. The van der Waals surface area contributed by atoms with Gasteiger partial charge in [0.25, 0.3) is 11.5 Å². The smallest absolute Gasteiger partial charge is 0.259 e. The Morgan fingerprint density at radius 2 is 1.93 bits per heavy atom. The van der Waals surface area contributed by atoms with Gasteiger partial charge in [0.15, 0.2) is 0 Å². The molecule has 1 amide bonds. The molecule has 6 nitrogen and oxygen atoms in total. The van der Waals surface area contributed by atoms with Gasteiger partial charge >= 0.3 is 0 Å². The van der Waals surface area contributed by atoms with Gasteiger partial charge in [-0.05, 0) is 54.6 Å². The first-order valence-electron chi connectivity index (χ1n) is 9.80. The van der Waals surface area contributed by atoms with E-state index in [-0.39, 0.29) is 11.5 Å². The molecule has 6 heteroatoms. The minimum Gasteiger partial charge on any atom is -0.345 e. The quantitative estimate of drug-likeness (QED) is 0.567. The van der Waals surface area contributed by atoms with Crippen molar-refractivity contribution in [1.82, 2.24) is 19.4 Å². The van der Waals surface area contributed by atoms with Gasteiger partial charge in [-0.1, -0.05) is 23.8 Å². The minimum absolute atomic E-state index is 0.0422. The molecular formula is C24H24N4O2. The molecule has 0 saturated heterocycles. The average molecular weight is 400 g/mol. The van der Waals surface area contributed by atoms with Crippen LogP contribution in [0.25, 0.3) is 22.3 Å². The fraction of sp³-hybridized carbons (Fsp3) is 0.208. The molecule has 4 aromatic rings. The molecule has 0 spiro atoms. The number of pyridine rings is 1. The van der Waals surface area contributed by atoms with Gasteiger partial charge < -0.3 is 14.5 Å². The van der Waals surface area contributed by atoms with E-state index in [1.165, 1.54) is 0 Å². The fourth-order valence-corrected chi connectivity index (χ4v) is 3.79. The van der Waals surface area contributed by atoms with Crippen molar-refractivity contribution >= 4 is 16.8 Å². The van der Waals surface area contributed by atoms with E-state index < -0.39 is 0 Å². The highest BCUT2D eigenvalue weighted by atomic mass is 16.2. The van der Waals surface area contributed by atoms with Crippen LogP contribution >= 0.6 is 0 Å². The van der Waals surface area contributed by atoms with Crippen molar-refractivity contribution in [2.45, 2.75) is 20.4 Å². The monoisotopic (exact) mass is 400 g/mol. The average Bonchev–Trinajstić information content (AvgIpc) is 3.15. The number of benzene rings is 2. The standard InChI is InChI=1S/C24H24N4O2/c1-15-10-16(2)21-19(11-15)13-20(23(29)26-21)22-25-8-9-28(22)14-17-6-5-7-18(12-17)24(30)27(3)4/h5-13H,14H2,1-4H3,(H,26,29). The van der Waals surface area contributed by atoms with Gasteiger partial charge in [0.1, 0.15) is 5.82 Å². The van der Waals surface area contributed by atoms with Crippen LogP contribution in [0.1, 0.15) is 27.0 Å². The van der Waals surface area contributed by atoms with E-state index in [1.807, 2.05) is 48.9 Å². The molecule has 2 aromatic heterocycles. The molecule has 30 heavy (non-hydrogen) atoms. The third kappa shape index (κ3) is 3.64. The van der Waals surface area contributed by atoms with Crippen LogP contribution in [0.3, 0.4) is 0 Å². The van der Waals surface area contributed by atoms with Gasteiger partial charge in [0.2, 0.25) is 0 Å². The molecular weight excluding hydrogens is 376 g/mol. The van der Waals surface area contributed by atoms with E-state index in [0.29, 0.717) is 23.5 Å². The summed E-state index contributed by atoms with van der Waals surface area (Å²) in [5, 5.41) is 0.982. The highest BCUT2D eigenvalue weighted by Crippen LogP contribution is 2.23. The van der Waals surface area contributed by atoms with Crippen molar-refractivity contribution in [1.29, 1.82) is 0 Å². The molecule has 0 aliphatic heterocycles. The van der Waals surface area contributed by atoms with Gasteiger partial charge in [0, 0.05) is 38.6 Å². The largest absolute Gasteiger partial charge is 0.345 e. The third-order valence-electron chi connectivity index (χ3n) is 5.18. The number of fused-ring (bicyclic) bond motifs is 1. The lowest BCUT2D eigenvalue weighted by molar-refractivity contribution is 0.0827. The normalized spacial score (nSPS) is 11.1. The number of rotatable bonds is 4. The number of amides is 1. The summed E-state index contributed by atoms with van der Waals surface area (Å²) in [5.74, 6) is 0.557. The van der Waals surface area contributed by atoms with Gasteiger partial charge in [-0.15, -0.1) is 0 Å². The van der Waals surface area contributed by atoms with Crippen molar-refractivity contribution in [2.75, 3.05) is 14.1 Å². The van der Waals surface area contributed by atoms with Crippen LogP contribution in [0, 0.1) is 13.8 Å². The van der Waals surface area contributed by atoms with Gasteiger partial charge in [0.05, 0.1) is 11.1 Å². The van der Waals surface area contributed by atoms with E-state index in [1.54, 1.807) is 31.3 Å². The molecule has 2 heterocycles. The Kier molecular flexibility index (Phi) is 4.99. The van der Waals surface area contributed by atoms with Crippen LogP contribution in [0.5, 0.6) is 0 Å². The van der Waals surface area contributed by atoms with E-state index in [0.717, 1.165) is 27.6 Å². The second kappa shape index (κ2) is 7.63. The van der Waals surface area contributed by atoms with Crippen LogP contribution in [0.15, 0.2) is 59.7 Å². The molecule has 0 bridgehead atoms. The number of H-pyrrole nitrogens is 1. The molecule has 4 rings (SSSR count). The summed E-state index contributed by atoms with van der Waals surface area (Å²) >= 11 is 0. The van der Waals surface area contributed by atoms with Crippen molar-refractivity contribution in [2.24, 2.45) is 0 Å². The summed E-state index contributed by atoms with van der Waals surface area (Å²) in [6.45, 7) is 4.54. The first-order chi connectivity index (χ1) is 14.3. The van der Waals surface area contributed by atoms with Crippen LogP contribution < -0.4 is 5.56 Å². The number of aromatic nitrogens is 3. The number of aromatic amines is 1. The molecule has 0 aliphatic carbocycles. The Morgan fingerprint density at radius 1 is 1.13 bits per heavy atom. The highest BCUT2D eigenvalue weighted by molar-refractivity contribution is 5.94. The van der Waals surface area contributed by atoms with Crippen LogP contribution in [-0.2, 0) is 6.54 Å². The molecule has 0 radical (unpaired) electrons. The summed E-state index contributed by atoms with van der Waals surface area (Å²) in [6, 6.07) is 13.5. The molecule has 1 N–H and O–H groups in total. The van der Waals surface area contributed by atoms with Crippen LogP contribution in [-0.4, -0.2) is 39.4 Å². The van der Waals surface area contributed by atoms with Crippen LogP contribution in [0.2, 0.25) is 0 Å². The molecule has 0 atom stereocenters. The summed E-state index contributed by atoms with van der Waals surface area (Å²) in [6.07, 6.45) is 3.54. The second-order valence-corrected chi connectivity index (χ2v) is 7.84. The zero-order valence-corrected chi connectivity index (χ0v) is 17.6. The third-order valence-corrected chi connectivity index (χ3v) is 5.18. The van der Waals surface area contributed by atoms with E-state index >= 15 is 0 Å². The maximum atomic E-state index is 12.8. The number of carbonyl (C=O) groups is 1. The zero-order valence-electron chi connectivity index (χ0n) is 17.6. The summed E-state index contributed by atoms with van der Waals surface area (Å²) in [4.78, 5) is 34.1. The fourth-order valence-electron chi connectivity index (χ4n) is 3.79. The van der Waals surface area contributed by atoms with E-state index in [4.69, 9.17) is 0 Å². The zero-order chi connectivity index (χ0) is 21.4. The van der Waals surface area contributed by atoms with Crippen molar-refractivity contribution in [3.63, 3.8) is 0 Å². The number of aryl methyl sites for hydroxylation is 2. The predicted octanol–water partition coefficient (Wildman–Crippen LogP) is 3.76. The molecule has 0 fully saturated rings. The molecule has 0 saturated carbocycles. The summed E-state index contributed by atoms with van der Waals surface area (Å²) in [5.41, 5.74) is 4.99. The number of nitrogens with zero attached hydrogens (tertiary/aromatic N) is 3. The topological polar surface area (TPSA) is 71.0 Å². The van der Waals surface area contributed by atoms with Gasteiger partial charge in [-0.25, -0.2) is 4.98 Å². The maximum absolute atomic E-state index is 12.8. The lowest BCUT2D eigenvalue weighted by Gasteiger charge is -2.13. The van der Waals surface area contributed by atoms with Crippen molar-refractivity contribution in [3.05, 3.63) is 87.5 Å². The Morgan fingerprint density at radius 3 is 2.70 bits per heavy atom. The minimum atomic E-state index is -0.168. The summed E-state index contributed by atoms with van der Waals surface area (Å²) < 4.78 is 1.93. The van der Waals surface area contributed by atoms with Gasteiger partial charge in [-0.3, -0.25) is 9.59 Å². The number of nitrogens with one attached hydrogen (secondary N) is 1. The van der Waals surface area contributed by atoms with Crippen molar-refractivity contribution < 1.29 is 4.79 Å². The van der Waals surface area contributed by atoms with Crippen molar-refractivity contribution in [3.8, 4) is 11.4 Å². The lowest BCUT2D eigenvalue weighted by atomic mass is 10.0. The predicted molar refractivity (Wildman–Crippen MR) is 119 cm³/mol. The molecule has 152 valence electrons. The van der Waals surface area contributed by atoms with E-state index in [2.05, 4.69) is 22.1 Å². The second-order valence-electron chi connectivity index (χ2n) is 7.84. The first kappa shape index (κ1) is 19.6. The number of carbonyl (C=O) groups excluding carboxylic acids is 1. The number of hydrogen-bond acceptors (Lipinski definition) is 3. The SMILES string of the molecule is Cc1cc(C)c2[nH]c(=O)c(-c3nccn3Cc3cccc(C(=O)N(C)C)c3)cc2c1. The Hall–Kier alpha value is -3.67.